The van der Waals surface area contributed by atoms with Crippen LogP contribution >= 0.6 is 0 Å². The average Bonchev–Trinajstić information content (AvgIpc) is 2.73. The van der Waals surface area contributed by atoms with Gasteiger partial charge >= 0.3 is 0 Å². The number of hydrogen-bond donors (Lipinski definition) is 0. The summed E-state index contributed by atoms with van der Waals surface area (Å²) in [6, 6.07) is 1.64. The first-order valence-electron chi connectivity index (χ1n) is 11.9. The fraction of sp³-hybridized carbons (Fsp3) is 0.692. The lowest BCUT2D eigenvalue weighted by Gasteiger charge is -2.35. The van der Waals surface area contributed by atoms with Crippen molar-refractivity contribution in [2.24, 2.45) is 17.8 Å². The Morgan fingerprint density at radius 3 is 2.34 bits per heavy atom. The molecule has 1 aromatic carbocycles. The molecule has 1 fully saturated rings. The highest BCUT2D eigenvalue weighted by Gasteiger charge is 2.30. The Hall–Kier alpha value is -1.38. The zero-order chi connectivity index (χ0) is 20.8. The van der Waals surface area contributed by atoms with Crippen LogP contribution in [0.2, 0.25) is 0 Å². The number of aryl methyl sites for hydroxylation is 1. The number of unbranched alkanes of at least 4 members (excludes halogenated alkanes) is 2. The van der Waals surface area contributed by atoms with E-state index in [0.717, 1.165) is 42.2 Å². The Morgan fingerprint density at radius 2 is 1.72 bits per heavy atom. The SMILES string of the molecule is CCCCCC1CCC(C2CC=C(c3c(C)cc(OCC)c(F)c3F)CC2)CC1. The van der Waals surface area contributed by atoms with Gasteiger partial charge in [0.1, 0.15) is 0 Å². The van der Waals surface area contributed by atoms with Crippen LogP contribution in [0.15, 0.2) is 12.1 Å². The number of ether oxygens (including phenoxy) is 1. The van der Waals surface area contributed by atoms with Gasteiger partial charge in [-0.3, -0.25) is 0 Å². The first-order valence-corrected chi connectivity index (χ1v) is 11.9. The van der Waals surface area contributed by atoms with Gasteiger partial charge in [-0.25, -0.2) is 4.39 Å². The fourth-order valence-electron chi connectivity index (χ4n) is 5.52. The molecule has 0 aliphatic heterocycles. The van der Waals surface area contributed by atoms with E-state index in [-0.39, 0.29) is 5.75 Å². The molecular formula is C26H38F2O. The summed E-state index contributed by atoms with van der Waals surface area (Å²) in [5.74, 6) is 0.902. The van der Waals surface area contributed by atoms with E-state index in [4.69, 9.17) is 4.74 Å². The monoisotopic (exact) mass is 404 g/mol. The van der Waals surface area contributed by atoms with Crippen LogP contribution < -0.4 is 4.74 Å². The smallest absolute Gasteiger partial charge is 0.201 e. The maximum atomic E-state index is 14.8. The van der Waals surface area contributed by atoms with Gasteiger partial charge in [0.15, 0.2) is 11.6 Å². The van der Waals surface area contributed by atoms with Gasteiger partial charge in [0, 0.05) is 5.56 Å². The van der Waals surface area contributed by atoms with Gasteiger partial charge in [-0.1, -0.05) is 51.5 Å². The van der Waals surface area contributed by atoms with Crippen LogP contribution in [0.5, 0.6) is 5.75 Å². The standard InChI is InChI=1S/C26H38F2O/c1-4-6-7-8-19-9-11-20(12-10-19)21-13-15-22(16-14-21)24-18(3)17-23(29-5-2)25(27)26(24)28/h15,17,19-21H,4-14,16H2,1-3H3. The van der Waals surface area contributed by atoms with Crippen LogP contribution in [0.1, 0.15) is 95.6 Å². The van der Waals surface area contributed by atoms with Gasteiger partial charge in [-0.2, -0.15) is 4.39 Å². The second-order valence-electron chi connectivity index (χ2n) is 9.17. The molecule has 0 aromatic heterocycles. The Bertz CT molecular complexity index is 701. The summed E-state index contributed by atoms with van der Waals surface area (Å²) in [4.78, 5) is 0. The highest BCUT2D eigenvalue weighted by Crippen LogP contribution is 2.43. The van der Waals surface area contributed by atoms with E-state index >= 15 is 0 Å². The van der Waals surface area contributed by atoms with Crippen molar-refractivity contribution >= 4 is 5.57 Å². The first-order chi connectivity index (χ1) is 14.0. The molecular weight excluding hydrogens is 366 g/mol. The lowest BCUT2D eigenvalue weighted by atomic mass is 9.70. The van der Waals surface area contributed by atoms with Crippen LogP contribution in [-0.4, -0.2) is 6.61 Å². The number of rotatable bonds is 8. The average molecular weight is 405 g/mol. The highest BCUT2D eigenvalue weighted by atomic mass is 19.2. The van der Waals surface area contributed by atoms with Crippen molar-refractivity contribution in [1.29, 1.82) is 0 Å². The zero-order valence-electron chi connectivity index (χ0n) is 18.5. The van der Waals surface area contributed by atoms with Crippen molar-refractivity contribution in [3.8, 4) is 5.75 Å². The Labute approximate surface area is 175 Å². The predicted molar refractivity (Wildman–Crippen MR) is 117 cm³/mol. The van der Waals surface area contributed by atoms with E-state index in [9.17, 15) is 8.78 Å². The molecule has 3 rings (SSSR count). The molecule has 1 atom stereocenters. The molecule has 1 nitrogen and oxygen atoms in total. The van der Waals surface area contributed by atoms with E-state index in [0.29, 0.717) is 18.1 Å². The lowest BCUT2D eigenvalue weighted by molar-refractivity contribution is 0.187. The van der Waals surface area contributed by atoms with Crippen LogP contribution in [0.4, 0.5) is 8.78 Å². The van der Waals surface area contributed by atoms with Crippen molar-refractivity contribution < 1.29 is 13.5 Å². The molecule has 2 aliphatic rings. The Kier molecular flexibility index (Phi) is 8.15. The van der Waals surface area contributed by atoms with Crippen molar-refractivity contribution in [3.63, 3.8) is 0 Å². The quantitative estimate of drug-likeness (QED) is 0.396. The first kappa shape index (κ1) is 22.3. The normalized spacial score (nSPS) is 25.0. The van der Waals surface area contributed by atoms with E-state index in [1.807, 2.05) is 6.92 Å². The summed E-state index contributed by atoms with van der Waals surface area (Å²) in [6.45, 7) is 6.24. The predicted octanol–water partition coefficient (Wildman–Crippen LogP) is 8.24. The van der Waals surface area contributed by atoms with E-state index in [2.05, 4.69) is 13.0 Å². The van der Waals surface area contributed by atoms with Gasteiger partial charge in [-0.15, -0.1) is 0 Å². The van der Waals surface area contributed by atoms with Crippen molar-refractivity contribution in [2.75, 3.05) is 6.61 Å². The molecule has 0 spiro atoms. The molecule has 162 valence electrons. The third-order valence-electron chi connectivity index (χ3n) is 7.22. The minimum Gasteiger partial charge on any atom is -0.491 e. The highest BCUT2D eigenvalue weighted by molar-refractivity contribution is 5.70. The lowest BCUT2D eigenvalue weighted by Crippen LogP contribution is -2.23. The van der Waals surface area contributed by atoms with E-state index in [1.54, 1.807) is 13.0 Å². The zero-order valence-corrected chi connectivity index (χ0v) is 18.5. The summed E-state index contributed by atoms with van der Waals surface area (Å²) in [6.07, 6.45) is 16.1. The third kappa shape index (κ3) is 5.41. The summed E-state index contributed by atoms with van der Waals surface area (Å²) in [7, 11) is 0. The topological polar surface area (TPSA) is 9.23 Å². The molecule has 0 N–H and O–H groups in total. The number of benzene rings is 1. The third-order valence-corrected chi connectivity index (χ3v) is 7.22. The number of allylic oxidation sites excluding steroid dienone is 2. The maximum Gasteiger partial charge on any atom is 0.201 e. The molecule has 3 heteroatoms. The fourth-order valence-corrected chi connectivity index (χ4v) is 5.52. The molecule has 1 unspecified atom stereocenters. The molecule has 0 radical (unpaired) electrons. The van der Waals surface area contributed by atoms with Gasteiger partial charge in [0.2, 0.25) is 5.82 Å². The van der Waals surface area contributed by atoms with Crippen LogP contribution in [0, 0.1) is 36.3 Å². The van der Waals surface area contributed by atoms with Crippen molar-refractivity contribution in [1.82, 2.24) is 0 Å². The van der Waals surface area contributed by atoms with Crippen LogP contribution in [0.25, 0.3) is 5.57 Å². The Balaban J connectivity index is 1.60. The molecule has 0 heterocycles. The number of hydrogen-bond acceptors (Lipinski definition) is 1. The van der Waals surface area contributed by atoms with E-state index in [1.165, 1.54) is 51.4 Å². The van der Waals surface area contributed by atoms with Crippen molar-refractivity contribution in [3.05, 3.63) is 34.9 Å². The number of halogens is 2. The van der Waals surface area contributed by atoms with Gasteiger partial charge < -0.3 is 4.74 Å². The molecule has 0 amide bonds. The molecule has 1 aromatic rings. The Morgan fingerprint density at radius 1 is 0.966 bits per heavy atom. The molecule has 1 saturated carbocycles. The van der Waals surface area contributed by atoms with Gasteiger partial charge in [0.25, 0.3) is 0 Å². The summed E-state index contributed by atoms with van der Waals surface area (Å²) >= 11 is 0. The second kappa shape index (κ2) is 10.6. The van der Waals surface area contributed by atoms with Gasteiger partial charge in [0.05, 0.1) is 6.61 Å². The van der Waals surface area contributed by atoms with E-state index < -0.39 is 11.6 Å². The molecule has 0 saturated heterocycles. The maximum absolute atomic E-state index is 14.8. The second-order valence-corrected chi connectivity index (χ2v) is 9.17. The summed E-state index contributed by atoms with van der Waals surface area (Å²) in [5, 5.41) is 0. The largest absolute Gasteiger partial charge is 0.491 e. The minimum absolute atomic E-state index is 0.0243. The molecule has 2 aliphatic carbocycles. The summed E-state index contributed by atoms with van der Waals surface area (Å²) < 4.78 is 34.4. The molecule has 0 bridgehead atoms. The summed E-state index contributed by atoms with van der Waals surface area (Å²) in [5.41, 5.74) is 2.21. The molecule has 29 heavy (non-hydrogen) atoms. The van der Waals surface area contributed by atoms with Crippen LogP contribution in [-0.2, 0) is 0 Å². The minimum atomic E-state index is -0.850. The van der Waals surface area contributed by atoms with Crippen LogP contribution in [0.3, 0.4) is 0 Å². The van der Waals surface area contributed by atoms with Gasteiger partial charge in [-0.05, 0) is 80.9 Å². The van der Waals surface area contributed by atoms with Crippen molar-refractivity contribution in [2.45, 2.75) is 91.4 Å².